The number of fused-ring (bicyclic) bond motifs is 13. The lowest BCUT2D eigenvalue weighted by Gasteiger charge is -2.38. The number of hydrogen-bond acceptors (Lipinski definition) is 1. The minimum absolute atomic E-state index is 0.112. The Hall–Kier alpha value is -6.44. The summed E-state index contributed by atoms with van der Waals surface area (Å²) in [6.45, 7) is 4.84. The summed E-state index contributed by atoms with van der Waals surface area (Å²) in [4.78, 5) is 2.58. The monoisotopic (exact) mass is 915 g/mol. The Bertz CT molecular complexity index is 3470. The molecule has 4 saturated carbocycles. The van der Waals surface area contributed by atoms with E-state index in [0.717, 1.165) is 23.7 Å². The van der Waals surface area contributed by atoms with Crippen molar-refractivity contribution >= 4 is 17.1 Å². The number of nitrogens with zero attached hydrogens (tertiary/aromatic N) is 1. The maximum atomic E-state index is 2.86. The molecule has 4 atom stereocenters. The average molecular weight is 916 g/mol. The second kappa shape index (κ2) is 14.2. The number of rotatable bonds is 4. The molecule has 1 nitrogen and oxygen atoms in total. The van der Waals surface area contributed by atoms with Crippen LogP contribution in [0.1, 0.15) is 157 Å². The van der Waals surface area contributed by atoms with Crippen molar-refractivity contribution in [2.75, 3.05) is 4.90 Å². The molecule has 11 aliphatic rings. The van der Waals surface area contributed by atoms with Gasteiger partial charge in [-0.05, 0) is 248 Å². The van der Waals surface area contributed by atoms with E-state index in [9.17, 15) is 0 Å². The molecule has 0 aliphatic heterocycles. The molecule has 19 rings (SSSR count). The molecule has 0 radical (unpaired) electrons. The fourth-order valence-corrected chi connectivity index (χ4v) is 18.3. The highest BCUT2D eigenvalue weighted by Crippen LogP contribution is 2.68. The standard InChI is InChI=1S/C70H61N/c1-69(2)63-14-8-6-12-53(63)55-22-20-51(34-65(55)69)71(50-18-16-45(17-19-50)44-10-4-3-5-11-44)52-21-23-56-54-13-7-9-15-64(54)70(66(56)35-52)67-38-59-48-30-40-24-41(31-48)27-46(26-40)57(59)36-61(67)62-37-58-47-28-42-25-43(29-47)33-49(32-42)60(58)39-68(62)70/h3-23,34-43,46-49H,24-33H2,1-2H3. The Morgan fingerprint density at radius 1 is 0.310 bits per heavy atom. The number of hydrogen-bond donors (Lipinski definition) is 0. The molecule has 8 aromatic carbocycles. The average Bonchev–Trinajstić information content (AvgIpc) is 3.82. The van der Waals surface area contributed by atoms with Crippen molar-refractivity contribution < 1.29 is 0 Å². The summed E-state index contributed by atoms with van der Waals surface area (Å²) in [7, 11) is 0. The Morgan fingerprint density at radius 2 is 0.704 bits per heavy atom. The fourth-order valence-electron chi connectivity index (χ4n) is 18.3. The minimum atomic E-state index is -0.409. The SMILES string of the molecule is CC1(C)c2ccccc2-c2ccc(N(c3ccc(-c4ccccc4)cc3)c3ccc4c(c3)C3(c5ccccc5-4)c4cc5c(cc4-c4cc6c(cc43)C3CC4CC(CC6C4)C3)C3CC4CC(C3)CC5C4)cc21. The normalized spacial score (nSPS) is 28.3. The van der Waals surface area contributed by atoms with Gasteiger partial charge in [0.15, 0.2) is 0 Å². The summed E-state index contributed by atoms with van der Waals surface area (Å²) in [5, 5.41) is 0. The van der Waals surface area contributed by atoms with Crippen LogP contribution < -0.4 is 4.90 Å². The van der Waals surface area contributed by atoms with Crippen molar-refractivity contribution in [3.63, 3.8) is 0 Å². The Balaban J connectivity index is 0.921. The third kappa shape index (κ3) is 5.38. The van der Waals surface area contributed by atoms with Crippen molar-refractivity contribution in [1.82, 2.24) is 0 Å². The first-order valence-corrected chi connectivity index (χ1v) is 27.7. The largest absolute Gasteiger partial charge is 0.310 e. The van der Waals surface area contributed by atoms with Crippen LogP contribution in [0.2, 0.25) is 0 Å². The molecular formula is C70H61N. The van der Waals surface area contributed by atoms with Gasteiger partial charge >= 0.3 is 0 Å². The molecule has 0 saturated heterocycles. The van der Waals surface area contributed by atoms with Crippen LogP contribution in [0.5, 0.6) is 0 Å². The smallest absolute Gasteiger partial charge is 0.0726 e. The lowest BCUT2D eigenvalue weighted by atomic mass is 9.66. The summed E-state index contributed by atoms with van der Waals surface area (Å²) in [5.74, 6) is 6.36. The molecule has 0 heterocycles. The first-order chi connectivity index (χ1) is 34.8. The molecule has 1 heteroatoms. The fraction of sp³-hybridized carbons (Fsp3) is 0.314. The zero-order chi connectivity index (χ0) is 46.5. The third-order valence-corrected chi connectivity index (χ3v) is 20.9. The topological polar surface area (TPSA) is 3.24 Å². The van der Waals surface area contributed by atoms with Gasteiger partial charge in [-0.1, -0.05) is 141 Å². The van der Waals surface area contributed by atoms with Crippen LogP contribution in [0, 0.1) is 23.7 Å². The van der Waals surface area contributed by atoms with Gasteiger partial charge in [0.2, 0.25) is 0 Å². The highest BCUT2D eigenvalue weighted by molar-refractivity contribution is 5.97. The van der Waals surface area contributed by atoms with E-state index in [1.807, 2.05) is 0 Å². The van der Waals surface area contributed by atoms with Gasteiger partial charge in [0.25, 0.3) is 0 Å². The molecule has 346 valence electrons. The van der Waals surface area contributed by atoms with E-state index >= 15 is 0 Å². The van der Waals surface area contributed by atoms with Crippen molar-refractivity contribution in [1.29, 1.82) is 0 Å². The molecular weight excluding hydrogens is 855 g/mol. The highest BCUT2D eigenvalue weighted by Gasteiger charge is 2.55. The summed E-state index contributed by atoms with van der Waals surface area (Å²) in [5.41, 5.74) is 30.0. The van der Waals surface area contributed by atoms with Crippen LogP contribution >= 0.6 is 0 Å². The maximum Gasteiger partial charge on any atom is 0.0726 e. The first kappa shape index (κ1) is 40.2. The van der Waals surface area contributed by atoms with E-state index in [0.29, 0.717) is 23.7 Å². The number of anilines is 3. The summed E-state index contributed by atoms with van der Waals surface area (Å²) >= 11 is 0. The molecule has 11 aliphatic carbocycles. The van der Waals surface area contributed by atoms with E-state index in [1.165, 1.54) is 137 Å². The van der Waals surface area contributed by atoms with Crippen molar-refractivity contribution in [3.8, 4) is 44.5 Å². The van der Waals surface area contributed by atoms with Crippen LogP contribution in [0.25, 0.3) is 44.5 Å². The summed E-state index contributed by atoms with van der Waals surface area (Å²) in [6, 6.07) is 65.3. The molecule has 0 amide bonds. The molecule has 4 fully saturated rings. The molecule has 0 N–H and O–H groups in total. The van der Waals surface area contributed by atoms with Gasteiger partial charge in [-0.2, -0.15) is 0 Å². The zero-order valence-corrected chi connectivity index (χ0v) is 41.2. The Kier molecular flexibility index (Phi) is 8.01. The van der Waals surface area contributed by atoms with Gasteiger partial charge in [-0.15, -0.1) is 0 Å². The van der Waals surface area contributed by atoms with Crippen LogP contribution in [0.3, 0.4) is 0 Å². The van der Waals surface area contributed by atoms with Gasteiger partial charge in [-0.25, -0.2) is 0 Å². The lowest BCUT2D eigenvalue weighted by molar-refractivity contribution is 0.165. The van der Waals surface area contributed by atoms with Crippen LogP contribution in [0.4, 0.5) is 17.1 Å². The summed E-state index contributed by atoms with van der Waals surface area (Å²) in [6.07, 6.45) is 14.1. The maximum absolute atomic E-state index is 2.86. The van der Waals surface area contributed by atoms with E-state index in [-0.39, 0.29) is 5.41 Å². The van der Waals surface area contributed by atoms with Crippen LogP contribution in [0.15, 0.2) is 164 Å². The van der Waals surface area contributed by atoms with Crippen molar-refractivity contribution in [2.45, 2.75) is 113 Å². The van der Waals surface area contributed by atoms with E-state index in [1.54, 1.807) is 44.5 Å². The van der Waals surface area contributed by atoms with Gasteiger partial charge in [0.1, 0.15) is 0 Å². The third-order valence-electron chi connectivity index (χ3n) is 20.9. The van der Waals surface area contributed by atoms with Gasteiger partial charge in [0, 0.05) is 22.5 Å². The molecule has 8 aromatic rings. The van der Waals surface area contributed by atoms with E-state index < -0.39 is 5.41 Å². The second-order valence-electron chi connectivity index (χ2n) is 24.8. The van der Waals surface area contributed by atoms with Gasteiger partial charge in [-0.3, -0.25) is 0 Å². The molecule has 8 bridgehead atoms. The first-order valence-electron chi connectivity index (χ1n) is 27.7. The Morgan fingerprint density at radius 3 is 1.25 bits per heavy atom. The quantitative estimate of drug-likeness (QED) is 0.170. The second-order valence-corrected chi connectivity index (χ2v) is 24.8. The van der Waals surface area contributed by atoms with Crippen LogP contribution in [-0.4, -0.2) is 0 Å². The van der Waals surface area contributed by atoms with Crippen molar-refractivity contribution in [3.05, 3.63) is 219 Å². The number of benzene rings is 8. The predicted octanol–water partition coefficient (Wildman–Crippen LogP) is 18.3. The zero-order valence-electron chi connectivity index (χ0n) is 41.2. The molecule has 0 aromatic heterocycles. The van der Waals surface area contributed by atoms with E-state index in [2.05, 4.69) is 183 Å². The predicted molar refractivity (Wildman–Crippen MR) is 292 cm³/mol. The Labute approximate surface area is 420 Å². The summed E-state index contributed by atoms with van der Waals surface area (Å²) < 4.78 is 0. The highest BCUT2D eigenvalue weighted by atomic mass is 15.1. The van der Waals surface area contributed by atoms with Gasteiger partial charge < -0.3 is 4.90 Å². The molecule has 71 heavy (non-hydrogen) atoms. The molecule has 1 spiro atoms. The van der Waals surface area contributed by atoms with Gasteiger partial charge in [0.05, 0.1) is 5.41 Å². The molecule has 4 unspecified atom stereocenters. The van der Waals surface area contributed by atoms with Crippen molar-refractivity contribution in [2.24, 2.45) is 23.7 Å². The van der Waals surface area contributed by atoms with E-state index in [4.69, 9.17) is 0 Å². The minimum Gasteiger partial charge on any atom is -0.310 e. The van der Waals surface area contributed by atoms with Crippen LogP contribution in [-0.2, 0) is 10.8 Å². The lowest BCUT2D eigenvalue weighted by Crippen LogP contribution is -2.27.